The summed E-state index contributed by atoms with van der Waals surface area (Å²) in [5, 5.41) is 1.25. The van der Waals surface area contributed by atoms with Crippen molar-refractivity contribution in [2.75, 3.05) is 0 Å². The lowest BCUT2D eigenvalue weighted by molar-refractivity contribution is 0.668. The van der Waals surface area contributed by atoms with Gasteiger partial charge in [-0.1, -0.05) is 55.6 Å². The minimum Gasteiger partial charge on any atom is -0.0654 e. The van der Waals surface area contributed by atoms with Crippen molar-refractivity contribution in [3.8, 4) is 0 Å². The molecule has 0 fully saturated rings. The number of benzene rings is 1. The normalized spacial score (nSPS) is 10.3. The second-order valence-electron chi connectivity index (χ2n) is 3.47. The second kappa shape index (κ2) is 5.98. The van der Waals surface area contributed by atoms with Crippen LogP contribution in [-0.4, -0.2) is 10.2 Å². The third-order valence-electron chi connectivity index (χ3n) is 2.32. The molecule has 0 N–H and O–H groups in total. The van der Waals surface area contributed by atoms with Gasteiger partial charge in [0.1, 0.15) is 0 Å². The van der Waals surface area contributed by atoms with Gasteiger partial charge in [-0.2, -0.15) is 0 Å². The van der Waals surface area contributed by atoms with Gasteiger partial charge in [-0.25, -0.2) is 0 Å². The van der Waals surface area contributed by atoms with Crippen molar-refractivity contribution >= 4 is 15.4 Å². The highest BCUT2D eigenvalue weighted by atomic mass is 28.1. The van der Waals surface area contributed by atoms with Gasteiger partial charge in [0.15, 0.2) is 0 Å². The van der Waals surface area contributed by atoms with Crippen molar-refractivity contribution in [1.29, 1.82) is 0 Å². The third kappa shape index (κ3) is 3.77. The topological polar surface area (TPSA) is 0 Å². The maximum Gasteiger partial charge on any atom is 0.0715 e. The summed E-state index contributed by atoms with van der Waals surface area (Å²) in [7, 11) is 3.62. The fourth-order valence-corrected chi connectivity index (χ4v) is 1.79. The van der Waals surface area contributed by atoms with Gasteiger partial charge in [0.05, 0.1) is 10.2 Å². The van der Waals surface area contributed by atoms with E-state index in [1.54, 1.807) is 0 Å². The van der Waals surface area contributed by atoms with Crippen LogP contribution >= 0.6 is 0 Å². The average Bonchev–Trinajstić information content (AvgIpc) is 2.15. The fourth-order valence-electron chi connectivity index (χ4n) is 1.48. The van der Waals surface area contributed by atoms with Gasteiger partial charge in [0.2, 0.25) is 0 Å². The Morgan fingerprint density at radius 2 is 1.85 bits per heavy atom. The van der Waals surface area contributed by atoms with Crippen molar-refractivity contribution in [1.82, 2.24) is 0 Å². The largest absolute Gasteiger partial charge is 0.0715 e. The molecule has 0 amide bonds. The molecule has 0 saturated carbocycles. The monoisotopic (exact) mass is 189 g/mol. The smallest absolute Gasteiger partial charge is 0.0654 e. The van der Waals surface area contributed by atoms with Gasteiger partial charge < -0.3 is 0 Å². The molecular formula is C12H17Si. The number of unbranched alkanes of at least 4 members (excludes halogenated alkanes) is 3. The van der Waals surface area contributed by atoms with E-state index in [-0.39, 0.29) is 0 Å². The summed E-state index contributed by atoms with van der Waals surface area (Å²) in [4.78, 5) is 0. The first-order chi connectivity index (χ1) is 6.34. The van der Waals surface area contributed by atoms with Crippen molar-refractivity contribution in [3.63, 3.8) is 0 Å². The van der Waals surface area contributed by atoms with E-state index < -0.39 is 0 Å². The molecule has 1 aromatic rings. The number of hydrogen-bond donors (Lipinski definition) is 0. The van der Waals surface area contributed by atoms with Crippen LogP contribution in [-0.2, 0) is 6.42 Å². The molecule has 13 heavy (non-hydrogen) atoms. The van der Waals surface area contributed by atoms with Gasteiger partial charge in [-0.05, 0) is 18.4 Å². The van der Waals surface area contributed by atoms with Crippen molar-refractivity contribution < 1.29 is 0 Å². The van der Waals surface area contributed by atoms with Gasteiger partial charge in [-0.15, -0.1) is 0 Å². The first-order valence-corrected chi connectivity index (χ1v) is 5.64. The summed E-state index contributed by atoms with van der Waals surface area (Å²) in [6.45, 7) is 2.25. The molecule has 0 aliphatic carbocycles. The van der Waals surface area contributed by atoms with Crippen LogP contribution < -0.4 is 5.19 Å². The van der Waals surface area contributed by atoms with Gasteiger partial charge in [0.25, 0.3) is 0 Å². The van der Waals surface area contributed by atoms with Crippen LogP contribution in [0.25, 0.3) is 0 Å². The molecule has 0 bridgehead atoms. The Balaban J connectivity index is 2.32. The van der Waals surface area contributed by atoms with E-state index in [1.807, 2.05) is 0 Å². The van der Waals surface area contributed by atoms with Crippen LogP contribution in [0, 0.1) is 0 Å². The zero-order valence-corrected chi connectivity index (χ0v) is 9.34. The minimum absolute atomic E-state index is 1.21. The predicted octanol–water partition coefficient (Wildman–Crippen LogP) is 2.60. The van der Waals surface area contributed by atoms with Crippen LogP contribution in [0.1, 0.15) is 38.2 Å². The molecule has 0 unspecified atom stereocenters. The van der Waals surface area contributed by atoms with E-state index in [9.17, 15) is 0 Å². The Labute approximate surface area is 84.8 Å². The molecule has 1 rings (SSSR count). The van der Waals surface area contributed by atoms with Crippen molar-refractivity contribution in [2.45, 2.75) is 39.0 Å². The molecule has 0 nitrogen and oxygen atoms in total. The number of rotatable bonds is 5. The SMILES string of the molecule is CCCCCCc1ccccc1[Si]. The van der Waals surface area contributed by atoms with Crippen molar-refractivity contribution in [2.24, 2.45) is 0 Å². The molecular weight excluding hydrogens is 172 g/mol. The first-order valence-electron chi connectivity index (χ1n) is 5.14. The average molecular weight is 189 g/mol. The molecule has 0 atom stereocenters. The Morgan fingerprint density at radius 1 is 1.08 bits per heavy atom. The van der Waals surface area contributed by atoms with Crippen LogP contribution in [0.4, 0.5) is 0 Å². The summed E-state index contributed by atoms with van der Waals surface area (Å²) in [5.41, 5.74) is 1.44. The minimum atomic E-state index is 1.21. The second-order valence-corrected chi connectivity index (χ2v) is 4.01. The van der Waals surface area contributed by atoms with Crippen LogP contribution in [0.3, 0.4) is 0 Å². The maximum absolute atomic E-state index is 3.62. The molecule has 1 heteroatoms. The van der Waals surface area contributed by atoms with E-state index in [0.717, 1.165) is 0 Å². The highest BCUT2D eigenvalue weighted by Crippen LogP contribution is 2.05. The Morgan fingerprint density at radius 3 is 2.54 bits per heavy atom. The highest BCUT2D eigenvalue weighted by Gasteiger charge is 1.95. The molecule has 0 aliphatic rings. The van der Waals surface area contributed by atoms with Crippen LogP contribution in [0.2, 0.25) is 0 Å². The predicted molar refractivity (Wildman–Crippen MR) is 59.7 cm³/mol. The van der Waals surface area contributed by atoms with E-state index in [0.29, 0.717) is 0 Å². The lowest BCUT2D eigenvalue weighted by atomic mass is 10.1. The quantitative estimate of drug-likeness (QED) is 0.493. The molecule has 0 aliphatic heterocycles. The molecule has 0 heterocycles. The Hall–Kier alpha value is -0.563. The van der Waals surface area contributed by atoms with Gasteiger partial charge in [0, 0.05) is 0 Å². The molecule has 3 radical (unpaired) electrons. The standard InChI is InChI=1S/C12H17Si/c1-2-3-4-5-8-11-9-6-7-10-12(11)13/h6-7,9-10H,2-5,8H2,1H3. The van der Waals surface area contributed by atoms with Crippen molar-refractivity contribution in [3.05, 3.63) is 29.8 Å². The molecule has 0 spiro atoms. The number of aryl methyl sites for hydroxylation is 1. The van der Waals surface area contributed by atoms with Crippen LogP contribution in [0.5, 0.6) is 0 Å². The Kier molecular flexibility index (Phi) is 4.84. The first kappa shape index (κ1) is 10.5. The summed E-state index contributed by atoms with van der Waals surface area (Å²) in [6.07, 6.45) is 6.56. The molecule has 1 aromatic carbocycles. The summed E-state index contributed by atoms with van der Waals surface area (Å²) in [5.74, 6) is 0. The van der Waals surface area contributed by atoms with E-state index >= 15 is 0 Å². The third-order valence-corrected chi connectivity index (χ3v) is 2.80. The molecule has 69 valence electrons. The van der Waals surface area contributed by atoms with Gasteiger partial charge >= 0.3 is 0 Å². The zero-order valence-electron chi connectivity index (χ0n) is 8.34. The van der Waals surface area contributed by atoms with E-state index in [4.69, 9.17) is 0 Å². The summed E-state index contributed by atoms with van der Waals surface area (Å²) >= 11 is 0. The fraction of sp³-hybridized carbons (Fsp3) is 0.500. The van der Waals surface area contributed by atoms with E-state index in [2.05, 4.69) is 41.4 Å². The highest BCUT2D eigenvalue weighted by molar-refractivity contribution is 6.33. The van der Waals surface area contributed by atoms with Crippen LogP contribution in [0.15, 0.2) is 24.3 Å². The molecule has 0 aromatic heterocycles. The molecule has 0 saturated heterocycles. The summed E-state index contributed by atoms with van der Waals surface area (Å²) < 4.78 is 0. The zero-order chi connectivity index (χ0) is 9.52. The van der Waals surface area contributed by atoms with Gasteiger partial charge in [-0.3, -0.25) is 0 Å². The van der Waals surface area contributed by atoms with E-state index in [1.165, 1.54) is 42.9 Å². The number of hydrogen-bond acceptors (Lipinski definition) is 0. The Bertz CT molecular complexity index is 243. The lowest BCUT2D eigenvalue weighted by Gasteiger charge is -2.04. The maximum atomic E-state index is 3.62. The summed E-state index contributed by atoms with van der Waals surface area (Å²) in [6, 6.07) is 8.50. The lowest BCUT2D eigenvalue weighted by Crippen LogP contribution is -2.09.